The molecule has 0 heterocycles. The van der Waals surface area contributed by atoms with Gasteiger partial charge in [-0.3, -0.25) is 19.2 Å². The molecule has 0 atom stereocenters. The molecule has 0 aliphatic carbocycles. The monoisotopic (exact) mass is 232 g/mol. The maximum atomic E-state index is 10.2. The van der Waals surface area contributed by atoms with Crippen molar-refractivity contribution < 1.29 is 28.7 Å². The highest BCUT2D eigenvalue weighted by Gasteiger charge is 2.02. The van der Waals surface area contributed by atoms with Crippen LogP contribution in [-0.2, 0) is 28.7 Å². The summed E-state index contributed by atoms with van der Waals surface area (Å²) in [4.78, 5) is 40.6. The van der Waals surface area contributed by atoms with Crippen molar-refractivity contribution in [2.45, 2.75) is 26.7 Å². The average molecular weight is 232 g/mol. The smallest absolute Gasteiger partial charge is 0.313 e. The molecule has 0 aliphatic rings. The summed E-state index contributed by atoms with van der Waals surface area (Å²) < 4.78 is 8.40. The Morgan fingerprint density at radius 2 is 1.00 bits per heavy atom. The first-order valence-electron chi connectivity index (χ1n) is 4.46. The highest BCUT2D eigenvalue weighted by atomic mass is 16.5. The van der Waals surface area contributed by atoms with E-state index in [2.05, 4.69) is 9.47 Å². The lowest BCUT2D eigenvalue weighted by Crippen LogP contribution is -2.05. The van der Waals surface area contributed by atoms with Crippen molar-refractivity contribution in [3.8, 4) is 0 Å². The lowest BCUT2D eigenvalue weighted by atomic mass is 10.3. The molecule has 92 valence electrons. The molecule has 6 heteroatoms. The van der Waals surface area contributed by atoms with Gasteiger partial charge in [0.2, 0.25) is 0 Å². The van der Waals surface area contributed by atoms with Gasteiger partial charge in [-0.15, -0.1) is 0 Å². The third-order valence-corrected chi connectivity index (χ3v) is 1.24. The van der Waals surface area contributed by atoms with Crippen molar-refractivity contribution in [3.05, 3.63) is 0 Å². The van der Waals surface area contributed by atoms with Gasteiger partial charge < -0.3 is 9.47 Å². The summed E-state index contributed by atoms with van der Waals surface area (Å²) in [7, 11) is 2.51. The summed E-state index contributed by atoms with van der Waals surface area (Å²) in [6, 6.07) is 0. The van der Waals surface area contributed by atoms with Gasteiger partial charge in [-0.2, -0.15) is 0 Å². The van der Waals surface area contributed by atoms with Crippen LogP contribution in [0, 0.1) is 0 Å². The number of ketones is 2. The number of hydrogen-bond donors (Lipinski definition) is 0. The molecule has 0 aromatic rings. The topological polar surface area (TPSA) is 86.7 Å². The molecule has 0 fully saturated rings. The van der Waals surface area contributed by atoms with Crippen LogP contribution in [0.3, 0.4) is 0 Å². The van der Waals surface area contributed by atoms with Crippen LogP contribution in [-0.4, -0.2) is 37.7 Å². The highest BCUT2D eigenvalue weighted by molar-refractivity contribution is 5.94. The van der Waals surface area contributed by atoms with E-state index < -0.39 is 11.9 Å². The molecule has 0 saturated carbocycles. The molecular weight excluding hydrogens is 216 g/mol. The van der Waals surface area contributed by atoms with E-state index in [4.69, 9.17) is 0 Å². The van der Waals surface area contributed by atoms with E-state index in [1.54, 1.807) is 0 Å². The van der Waals surface area contributed by atoms with Gasteiger partial charge in [-0.25, -0.2) is 0 Å². The van der Waals surface area contributed by atoms with Gasteiger partial charge in [-0.1, -0.05) is 0 Å². The average Bonchev–Trinajstić information content (AvgIpc) is 2.16. The van der Waals surface area contributed by atoms with Crippen LogP contribution in [0.2, 0.25) is 0 Å². The molecule has 16 heavy (non-hydrogen) atoms. The van der Waals surface area contributed by atoms with Crippen LogP contribution in [0.1, 0.15) is 26.7 Å². The first-order valence-corrected chi connectivity index (χ1v) is 4.46. The number of carbonyl (C=O) groups is 4. The Hall–Kier alpha value is -1.72. The third-order valence-electron chi connectivity index (χ3n) is 1.24. The number of carbonyl (C=O) groups excluding carboxylic acids is 4. The molecule has 0 unspecified atom stereocenters. The lowest BCUT2D eigenvalue weighted by Gasteiger charge is -1.90. The van der Waals surface area contributed by atoms with E-state index in [1.165, 1.54) is 28.1 Å². The summed E-state index contributed by atoms with van der Waals surface area (Å²) in [6.07, 6.45) is -0.229. The number of esters is 2. The van der Waals surface area contributed by atoms with Crippen LogP contribution >= 0.6 is 0 Å². The number of hydrogen-bond acceptors (Lipinski definition) is 6. The predicted octanol–water partition coefficient (Wildman–Crippen LogP) is 0.277. The van der Waals surface area contributed by atoms with Crippen LogP contribution in [0.25, 0.3) is 0 Å². The molecule has 0 N–H and O–H groups in total. The van der Waals surface area contributed by atoms with Gasteiger partial charge in [0.25, 0.3) is 0 Å². The number of rotatable bonds is 4. The van der Waals surface area contributed by atoms with Gasteiger partial charge in [0.1, 0.15) is 24.4 Å². The van der Waals surface area contributed by atoms with E-state index in [-0.39, 0.29) is 24.4 Å². The molecule has 0 aromatic heterocycles. The zero-order chi connectivity index (χ0) is 13.1. The first-order chi connectivity index (χ1) is 7.33. The van der Waals surface area contributed by atoms with Crippen molar-refractivity contribution in [2.75, 3.05) is 14.2 Å². The molecule has 0 amide bonds. The van der Waals surface area contributed by atoms with E-state index in [9.17, 15) is 19.2 Å². The van der Waals surface area contributed by atoms with E-state index in [0.29, 0.717) is 0 Å². The largest absolute Gasteiger partial charge is 0.469 e. The second-order valence-electron chi connectivity index (χ2n) is 2.91. The summed E-state index contributed by atoms with van der Waals surface area (Å²) in [5, 5.41) is 0. The highest BCUT2D eigenvalue weighted by Crippen LogP contribution is 1.83. The fourth-order valence-electron chi connectivity index (χ4n) is 0.551. The number of Topliss-reactive ketones (excluding diaryl/α,β-unsaturated/α-hetero) is 2. The molecule has 0 bridgehead atoms. The fraction of sp³-hybridized carbons (Fsp3) is 0.600. The summed E-state index contributed by atoms with van der Waals surface area (Å²) in [6.45, 7) is 2.69. The van der Waals surface area contributed by atoms with Crippen LogP contribution in [0.4, 0.5) is 0 Å². The quantitative estimate of drug-likeness (QED) is 0.511. The Balaban J connectivity index is 0. The van der Waals surface area contributed by atoms with Gasteiger partial charge >= 0.3 is 11.9 Å². The Bertz CT molecular complexity index is 240. The Kier molecular flexibility index (Phi) is 10.3. The Morgan fingerprint density at radius 1 is 0.750 bits per heavy atom. The maximum Gasteiger partial charge on any atom is 0.313 e. The van der Waals surface area contributed by atoms with E-state index in [0.717, 1.165) is 0 Å². The summed E-state index contributed by atoms with van der Waals surface area (Å²) in [5.41, 5.74) is 0. The minimum atomic E-state index is -0.475. The molecule has 6 nitrogen and oxygen atoms in total. The SMILES string of the molecule is COC(=O)CC(C)=O.COC(=O)CC(C)=O. The Labute approximate surface area is 93.9 Å². The van der Waals surface area contributed by atoms with Crippen molar-refractivity contribution in [1.82, 2.24) is 0 Å². The maximum absolute atomic E-state index is 10.2. The third kappa shape index (κ3) is 14.8. The number of ether oxygens (including phenoxy) is 2. The van der Waals surface area contributed by atoms with E-state index in [1.807, 2.05) is 0 Å². The van der Waals surface area contributed by atoms with Crippen LogP contribution < -0.4 is 0 Å². The molecule has 0 aliphatic heterocycles. The normalized spacial score (nSPS) is 8.25. The molecular formula is C10H16O6. The van der Waals surface area contributed by atoms with Gasteiger partial charge in [0.15, 0.2) is 0 Å². The number of methoxy groups -OCH3 is 2. The van der Waals surface area contributed by atoms with Crippen LogP contribution in [0.5, 0.6) is 0 Å². The molecule has 0 spiro atoms. The van der Waals surface area contributed by atoms with Crippen molar-refractivity contribution in [2.24, 2.45) is 0 Å². The lowest BCUT2D eigenvalue weighted by molar-refractivity contribution is -0.144. The van der Waals surface area contributed by atoms with Gasteiger partial charge in [0.05, 0.1) is 14.2 Å². The van der Waals surface area contributed by atoms with Gasteiger partial charge in [0, 0.05) is 0 Å². The molecule has 0 radical (unpaired) electrons. The zero-order valence-electron chi connectivity index (χ0n) is 9.86. The molecule has 0 rings (SSSR count). The van der Waals surface area contributed by atoms with Crippen molar-refractivity contribution in [3.63, 3.8) is 0 Å². The fourth-order valence-corrected chi connectivity index (χ4v) is 0.551. The summed E-state index contributed by atoms with van der Waals surface area (Å²) >= 11 is 0. The zero-order valence-corrected chi connectivity index (χ0v) is 9.86. The molecule has 0 aromatic carbocycles. The first kappa shape index (κ1) is 16.7. The van der Waals surface area contributed by atoms with Crippen molar-refractivity contribution >= 4 is 23.5 Å². The minimum Gasteiger partial charge on any atom is -0.469 e. The molecule has 0 saturated heterocycles. The predicted molar refractivity (Wildman–Crippen MR) is 54.6 cm³/mol. The Morgan fingerprint density at radius 3 is 1.06 bits per heavy atom. The second-order valence-corrected chi connectivity index (χ2v) is 2.91. The van der Waals surface area contributed by atoms with E-state index >= 15 is 0 Å². The summed E-state index contributed by atoms with van der Waals surface area (Å²) in [5.74, 6) is -1.29. The van der Waals surface area contributed by atoms with Crippen LogP contribution in [0.15, 0.2) is 0 Å². The second kappa shape index (κ2) is 9.82. The standard InChI is InChI=1S/2C5H8O3/c2*1-4(6)3-5(7)8-2/h2*3H2,1-2H3. The van der Waals surface area contributed by atoms with Gasteiger partial charge in [-0.05, 0) is 13.8 Å². The van der Waals surface area contributed by atoms with Crippen molar-refractivity contribution in [1.29, 1.82) is 0 Å². The minimum absolute atomic E-state index is 0.115.